The maximum atomic E-state index is 11.5. The third kappa shape index (κ3) is 7.75. The maximum Gasteiger partial charge on any atom is 0.331 e. The second-order valence-electron chi connectivity index (χ2n) is 5.17. The number of esters is 1. The van der Waals surface area contributed by atoms with Crippen LogP contribution >= 0.6 is 0 Å². The number of amides is 2. The molecule has 7 heteroatoms. The Hall–Kier alpha value is -3.14. The van der Waals surface area contributed by atoms with Gasteiger partial charge in [-0.05, 0) is 37.6 Å². The van der Waals surface area contributed by atoms with Crippen molar-refractivity contribution in [3.05, 3.63) is 41.5 Å². The molecule has 126 valence electrons. The van der Waals surface area contributed by atoms with Crippen molar-refractivity contribution < 1.29 is 19.1 Å². The summed E-state index contributed by atoms with van der Waals surface area (Å²) in [5.74, 6) is -1.56. The Morgan fingerprint density at radius 2 is 1.88 bits per heavy atom. The molecule has 0 bridgehead atoms. The number of nitrogens with one attached hydrogen (secondary N) is 2. The summed E-state index contributed by atoms with van der Waals surface area (Å²) < 4.78 is 4.76. The number of nitrogens with zero attached hydrogens (tertiary/aromatic N) is 1. The van der Waals surface area contributed by atoms with E-state index < -0.39 is 18.5 Å². The van der Waals surface area contributed by atoms with Gasteiger partial charge in [-0.3, -0.25) is 9.59 Å². The highest BCUT2D eigenvalue weighted by atomic mass is 16.5. The maximum absolute atomic E-state index is 11.5. The van der Waals surface area contributed by atoms with E-state index in [2.05, 4.69) is 10.6 Å². The zero-order valence-electron chi connectivity index (χ0n) is 13.5. The Kier molecular flexibility index (Phi) is 7.71. The monoisotopic (exact) mass is 329 g/mol. The van der Waals surface area contributed by atoms with Crippen LogP contribution in [0.3, 0.4) is 0 Å². The van der Waals surface area contributed by atoms with Crippen LogP contribution in [0.1, 0.15) is 25.0 Å². The van der Waals surface area contributed by atoms with Crippen LogP contribution in [-0.2, 0) is 19.1 Å². The molecule has 0 aromatic heterocycles. The highest BCUT2D eigenvalue weighted by Gasteiger charge is 2.08. The van der Waals surface area contributed by atoms with Crippen LogP contribution in [0.5, 0.6) is 0 Å². The minimum absolute atomic E-state index is 0.0143. The van der Waals surface area contributed by atoms with Crippen LogP contribution in [-0.4, -0.2) is 37.0 Å². The minimum atomic E-state index is -0.679. The summed E-state index contributed by atoms with van der Waals surface area (Å²) in [5.41, 5.74) is 1.24. The molecule has 1 rings (SSSR count). The molecule has 7 nitrogen and oxygen atoms in total. The zero-order valence-corrected chi connectivity index (χ0v) is 13.5. The first kappa shape index (κ1) is 18.9. The van der Waals surface area contributed by atoms with E-state index in [0.717, 1.165) is 5.56 Å². The lowest BCUT2D eigenvalue weighted by atomic mass is 10.1. The van der Waals surface area contributed by atoms with Crippen molar-refractivity contribution >= 4 is 23.9 Å². The van der Waals surface area contributed by atoms with Gasteiger partial charge in [-0.2, -0.15) is 5.26 Å². The van der Waals surface area contributed by atoms with E-state index in [1.807, 2.05) is 19.9 Å². The zero-order chi connectivity index (χ0) is 17.9. The molecule has 2 amide bonds. The summed E-state index contributed by atoms with van der Waals surface area (Å²) in [6, 6.07) is 8.60. The van der Waals surface area contributed by atoms with Gasteiger partial charge < -0.3 is 15.4 Å². The molecule has 0 atom stereocenters. The van der Waals surface area contributed by atoms with E-state index in [9.17, 15) is 14.4 Å². The van der Waals surface area contributed by atoms with E-state index in [1.54, 1.807) is 24.3 Å². The lowest BCUT2D eigenvalue weighted by Gasteiger charge is -2.09. The third-order valence-corrected chi connectivity index (χ3v) is 2.69. The SMILES string of the molecule is CC(C)NC(=O)CNC(=O)COC(=O)/C=C/c1ccc(C#N)cc1. The number of hydrogen-bond acceptors (Lipinski definition) is 5. The van der Waals surface area contributed by atoms with Gasteiger partial charge in [0.25, 0.3) is 5.91 Å². The molecule has 1 aromatic rings. The summed E-state index contributed by atoms with van der Waals surface area (Å²) in [6.07, 6.45) is 2.69. The first-order chi connectivity index (χ1) is 11.4. The van der Waals surface area contributed by atoms with Crippen LogP contribution in [0.15, 0.2) is 30.3 Å². The highest BCUT2D eigenvalue weighted by Crippen LogP contribution is 2.05. The molecule has 0 aliphatic heterocycles. The van der Waals surface area contributed by atoms with E-state index >= 15 is 0 Å². The fourth-order valence-electron chi connectivity index (χ4n) is 1.62. The van der Waals surface area contributed by atoms with Gasteiger partial charge in [0.2, 0.25) is 5.91 Å². The molecular formula is C17H19N3O4. The molecule has 0 saturated heterocycles. The first-order valence-electron chi connectivity index (χ1n) is 7.31. The van der Waals surface area contributed by atoms with Crippen molar-refractivity contribution in [3.63, 3.8) is 0 Å². The molecule has 1 aromatic carbocycles. The molecule has 0 aliphatic carbocycles. The minimum Gasteiger partial charge on any atom is -0.452 e. The topological polar surface area (TPSA) is 108 Å². The Morgan fingerprint density at radius 1 is 1.21 bits per heavy atom. The average Bonchev–Trinajstić information content (AvgIpc) is 2.56. The predicted molar refractivity (Wildman–Crippen MR) is 87.4 cm³/mol. The van der Waals surface area contributed by atoms with Crippen LogP contribution in [0.4, 0.5) is 0 Å². The molecule has 0 unspecified atom stereocenters. The van der Waals surface area contributed by atoms with Crippen molar-refractivity contribution in [1.82, 2.24) is 10.6 Å². The Balaban J connectivity index is 2.32. The second kappa shape index (κ2) is 9.79. The molecule has 0 saturated carbocycles. The second-order valence-corrected chi connectivity index (χ2v) is 5.17. The van der Waals surface area contributed by atoms with Gasteiger partial charge in [0.1, 0.15) is 0 Å². The van der Waals surface area contributed by atoms with Gasteiger partial charge >= 0.3 is 5.97 Å². The molecular weight excluding hydrogens is 310 g/mol. The lowest BCUT2D eigenvalue weighted by molar-refractivity contribution is -0.143. The van der Waals surface area contributed by atoms with Crippen LogP contribution in [0.2, 0.25) is 0 Å². The summed E-state index contributed by atoms with van der Waals surface area (Å²) >= 11 is 0. The van der Waals surface area contributed by atoms with Gasteiger partial charge in [-0.25, -0.2) is 4.79 Å². The van der Waals surface area contributed by atoms with E-state index in [-0.39, 0.29) is 18.5 Å². The number of carbonyl (C=O) groups is 3. The first-order valence-corrected chi connectivity index (χ1v) is 7.31. The number of hydrogen-bond donors (Lipinski definition) is 2. The van der Waals surface area contributed by atoms with Gasteiger partial charge in [0.05, 0.1) is 18.2 Å². The number of nitriles is 1. The van der Waals surface area contributed by atoms with Gasteiger partial charge in [0, 0.05) is 12.1 Å². The van der Waals surface area contributed by atoms with Crippen LogP contribution in [0, 0.1) is 11.3 Å². The Labute approximate surface area is 140 Å². The molecule has 0 fully saturated rings. The van der Waals surface area contributed by atoms with Gasteiger partial charge in [0.15, 0.2) is 6.61 Å². The van der Waals surface area contributed by atoms with E-state index in [0.29, 0.717) is 5.56 Å². The fraction of sp³-hybridized carbons (Fsp3) is 0.294. The summed E-state index contributed by atoms with van der Waals surface area (Å²) in [4.78, 5) is 34.3. The van der Waals surface area contributed by atoms with Crippen molar-refractivity contribution in [1.29, 1.82) is 5.26 Å². The summed E-state index contributed by atoms with van der Waals surface area (Å²) in [6.45, 7) is 2.98. The molecule has 0 spiro atoms. The smallest absolute Gasteiger partial charge is 0.331 e. The number of carbonyl (C=O) groups excluding carboxylic acids is 3. The van der Waals surface area contributed by atoms with Crippen LogP contribution < -0.4 is 10.6 Å². The average molecular weight is 329 g/mol. The Morgan fingerprint density at radius 3 is 2.46 bits per heavy atom. The van der Waals surface area contributed by atoms with Crippen molar-refractivity contribution in [2.24, 2.45) is 0 Å². The number of ether oxygens (including phenoxy) is 1. The number of rotatable bonds is 7. The number of benzene rings is 1. The summed E-state index contributed by atoms with van der Waals surface area (Å²) in [5, 5.41) is 13.6. The van der Waals surface area contributed by atoms with Gasteiger partial charge in [-0.1, -0.05) is 12.1 Å². The van der Waals surface area contributed by atoms with Crippen molar-refractivity contribution in [2.45, 2.75) is 19.9 Å². The molecule has 24 heavy (non-hydrogen) atoms. The Bertz CT molecular complexity index is 657. The molecule has 0 radical (unpaired) electrons. The van der Waals surface area contributed by atoms with Crippen molar-refractivity contribution in [2.75, 3.05) is 13.2 Å². The highest BCUT2D eigenvalue weighted by molar-refractivity contribution is 5.90. The third-order valence-electron chi connectivity index (χ3n) is 2.69. The standard InChI is InChI=1S/C17H19N3O4/c1-12(2)20-15(21)10-19-16(22)11-24-17(23)8-7-13-3-5-14(9-18)6-4-13/h3-8,12H,10-11H2,1-2H3,(H,19,22)(H,20,21)/b8-7+. The van der Waals surface area contributed by atoms with E-state index in [4.69, 9.17) is 10.00 Å². The van der Waals surface area contributed by atoms with Crippen molar-refractivity contribution in [3.8, 4) is 6.07 Å². The normalized spacial score (nSPS) is 10.2. The van der Waals surface area contributed by atoms with Crippen LogP contribution in [0.25, 0.3) is 6.08 Å². The van der Waals surface area contributed by atoms with E-state index in [1.165, 1.54) is 12.2 Å². The molecule has 0 aliphatic rings. The molecule has 0 heterocycles. The lowest BCUT2D eigenvalue weighted by Crippen LogP contribution is -2.41. The van der Waals surface area contributed by atoms with Gasteiger partial charge in [-0.15, -0.1) is 0 Å². The molecule has 2 N–H and O–H groups in total. The largest absolute Gasteiger partial charge is 0.452 e. The quantitative estimate of drug-likeness (QED) is 0.567. The summed E-state index contributed by atoms with van der Waals surface area (Å²) in [7, 11) is 0. The fourth-order valence-corrected chi connectivity index (χ4v) is 1.62. The predicted octanol–water partition coefficient (Wildman–Crippen LogP) is 0.755.